The lowest BCUT2D eigenvalue weighted by atomic mass is 10.1. The molecule has 2 amide bonds. The average Bonchev–Trinajstić information content (AvgIpc) is 3.09. The molecule has 6 heteroatoms. The van der Waals surface area contributed by atoms with Crippen molar-refractivity contribution in [2.75, 3.05) is 7.05 Å². The molecule has 0 bridgehead atoms. The zero-order chi connectivity index (χ0) is 16.9. The lowest BCUT2D eigenvalue weighted by Crippen LogP contribution is -2.47. The Balaban J connectivity index is 1.78. The van der Waals surface area contributed by atoms with Gasteiger partial charge in [-0.25, -0.2) is 4.98 Å². The van der Waals surface area contributed by atoms with Crippen molar-refractivity contribution in [1.29, 1.82) is 0 Å². The SMILES string of the molecule is CNC(=O)C(Cc1ccccc1)NC(=O)c1ccc2[nH]ccc2n1. The molecule has 1 unspecified atom stereocenters. The number of aromatic nitrogens is 2. The van der Waals surface area contributed by atoms with E-state index in [4.69, 9.17) is 0 Å². The number of aromatic amines is 1. The van der Waals surface area contributed by atoms with E-state index in [1.165, 1.54) is 0 Å². The van der Waals surface area contributed by atoms with Gasteiger partial charge in [0.2, 0.25) is 5.91 Å². The molecule has 2 heterocycles. The van der Waals surface area contributed by atoms with Crippen molar-refractivity contribution in [3.8, 4) is 0 Å². The van der Waals surface area contributed by atoms with Crippen molar-refractivity contribution in [2.24, 2.45) is 0 Å². The summed E-state index contributed by atoms with van der Waals surface area (Å²) in [5, 5.41) is 5.35. The van der Waals surface area contributed by atoms with E-state index in [9.17, 15) is 9.59 Å². The number of hydrogen-bond donors (Lipinski definition) is 3. The molecule has 122 valence electrons. The number of fused-ring (bicyclic) bond motifs is 1. The molecule has 0 spiro atoms. The van der Waals surface area contributed by atoms with E-state index in [0.717, 1.165) is 11.1 Å². The molecule has 24 heavy (non-hydrogen) atoms. The molecule has 0 saturated carbocycles. The summed E-state index contributed by atoms with van der Waals surface area (Å²) in [5.41, 5.74) is 2.82. The number of H-pyrrole nitrogens is 1. The molecule has 3 aromatic rings. The molecule has 2 aromatic heterocycles. The Labute approximate surface area is 139 Å². The number of hydrogen-bond acceptors (Lipinski definition) is 3. The maximum Gasteiger partial charge on any atom is 0.270 e. The van der Waals surface area contributed by atoms with Crippen LogP contribution in [-0.2, 0) is 11.2 Å². The van der Waals surface area contributed by atoms with Crippen molar-refractivity contribution in [1.82, 2.24) is 20.6 Å². The Hall–Kier alpha value is -3.15. The maximum absolute atomic E-state index is 12.5. The number of likely N-dealkylation sites (N-methyl/N-ethyl adjacent to an activating group) is 1. The molecule has 3 N–H and O–H groups in total. The predicted molar refractivity (Wildman–Crippen MR) is 91.6 cm³/mol. The van der Waals surface area contributed by atoms with Gasteiger partial charge in [0, 0.05) is 19.7 Å². The van der Waals surface area contributed by atoms with Gasteiger partial charge in [0.05, 0.1) is 11.0 Å². The van der Waals surface area contributed by atoms with Crippen molar-refractivity contribution in [3.63, 3.8) is 0 Å². The third-order valence-corrected chi connectivity index (χ3v) is 3.79. The van der Waals surface area contributed by atoms with E-state index in [0.29, 0.717) is 11.9 Å². The first-order valence-corrected chi connectivity index (χ1v) is 7.68. The fraction of sp³-hybridized carbons (Fsp3) is 0.167. The van der Waals surface area contributed by atoms with Crippen LogP contribution in [0.5, 0.6) is 0 Å². The quantitative estimate of drug-likeness (QED) is 0.667. The van der Waals surface area contributed by atoms with Crippen LogP contribution in [0.4, 0.5) is 0 Å². The number of carbonyl (C=O) groups excluding carboxylic acids is 2. The number of benzene rings is 1. The first kappa shape index (κ1) is 15.7. The molecular weight excluding hydrogens is 304 g/mol. The van der Waals surface area contributed by atoms with Gasteiger partial charge in [-0.3, -0.25) is 9.59 Å². The number of nitrogens with zero attached hydrogens (tertiary/aromatic N) is 1. The van der Waals surface area contributed by atoms with Crippen LogP contribution in [0, 0.1) is 0 Å². The van der Waals surface area contributed by atoms with E-state index in [-0.39, 0.29) is 17.5 Å². The van der Waals surface area contributed by atoms with E-state index in [1.807, 2.05) is 30.3 Å². The minimum atomic E-state index is -0.659. The number of nitrogens with one attached hydrogen (secondary N) is 3. The molecule has 0 fully saturated rings. The number of pyridine rings is 1. The van der Waals surface area contributed by atoms with Crippen LogP contribution in [0.2, 0.25) is 0 Å². The molecule has 0 aliphatic rings. The summed E-state index contributed by atoms with van der Waals surface area (Å²) in [4.78, 5) is 31.9. The number of amides is 2. The third-order valence-electron chi connectivity index (χ3n) is 3.79. The summed E-state index contributed by atoms with van der Waals surface area (Å²) in [6.07, 6.45) is 2.18. The van der Waals surface area contributed by atoms with Gasteiger partial charge in [-0.2, -0.15) is 0 Å². The highest BCUT2D eigenvalue weighted by Gasteiger charge is 2.21. The summed E-state index contributed by atoms with van der Waals surface area (Å²) in [6, 6.07) is 14.1. The van der Waals surface area contributed by atoms with Gasteiger partial charge >= 0.3 is 0 Å². The molecule has 3 rings (SSSR count). The van der Waals surface area contributed by atoms with Gasteiger partial charge in [-0.15, -0.1) is 0 Å². The summed E-state index contributed by atoms with van der Waals surface area (Å²) in [7, 11) is 1.55. The molecule has 6 nitrogen and oxygen atoms in total. The van der Waals surface area contributed by atoms with Crippen molar-refractivity contribution in [3.05, 3.63) is 66.0 Å². The summed E-state index contributed by atoms with van der Waals surface area (Å²) in [6.45, 7) is 0. The second-order valence-electron chi connectivity index (χ2n) is 5.44. The molecule has 0 aliphatic carbocycles. The lowest BCUT2D eigenvalue weighted by molar-refractivity contribution is -0.122. The second kappa shape index (κ2) is 6.95. The van der Waals surface area contributed by atoms with E-state index < -0.39 is 6.04 Å². The first-order valence-electron chi connectivity index (χ1n) is 7.68. The normalized spacial score (nSPS) is 11.9. The van der Waals surface area contributed by atoms with Crippen LogP contribution in [-0.4, -0.2) is 34.9 Å². The van der Waals surface area contributed by atoms with E-state index in [1.54, 1.807) is 31.4 Å². The molecule has 0 radical (unpaired) electrons. The molecule has 0 saturated heterocycles. The van der Waals surface area contributed by atoms with Crippen LogP contribution in [0.15, 0.2) is 54.7 Å². The van der Waals surface area contributed by atoms with Gasteiger partial charge in [-0.1, -0.05) is 30.3 Å². The Bertz CT molecular complexity index is 858. The van der Waals surface area contributed by atoms with Crippen LogP contribution in [0.1, 0.15) is 16.1 Å². The second-order valence-corrected chi connectivity index (χ2v) is 5.44. The maximum atomic E-state index is 12.5. The van der Waals surface area contributed by atoms with Crippen LogP contribution >= 0.6 is 0 Å². The summed E-state index contributed by atoms with van der Waals surface area (Å²) in [5.74, 6) is -0.613. The molecule has 1 aromatic carbocycles. The van der Waals surface area contributed by atoms with Gasteiger partial charge in [0.25, 0.3) is 5.91 Å². The molecule has 1 atom stereocenters. The predicted octanol–water partition coefficient (Wildman–Crippen LogP) is 1.65. The van der Waals surface area contributed by atoms with E-state index in [2.05, 4.69) is 20.6 Å². The van der Waals surface area contributed by atoms with E-state index >= 15 is 0 Å². The monoisotopic (exact) mass is 322 g/mol. The average molecular weight is 322 g/mol. The topological polar surface area (TPSA) is 86.9 Å². The van der Waals surface area contributed by atoms with Crippen molar-refractivity contribution < 1.29 is 9.59 Å². The van der Waals surface area contributed by atoms with Crippen molar-refractivity contribution in [2.45, 2.75) is 12.5 Å². The fourth-order valence-electron chi connectivity index (χ4n) is 2.53. The minimum Gasteiger partial charge on any atom is -0.360 e. The third kappa shape index (κ3) is 3.43. The Morgan fingerprint density at radius 1 is 1.12 bits per heavy atom. The minimum absolute atomic E-state index is 0.241. The van der Waals surface area contributed by atoms with Crippen LogP contribution in [0.25, 0.3) is 11.0 Å². The van der Waals surface area contributed by atoms with Gasteiger partial charge in [0.1, 0.15) is 11.7 Å². The zero-order valence-electron chi connectivity index (χ0n) is 13.2. The molecule has 0 aliphatic heterocycles. The highest BCUT2D eigenvalue weighted by molar-refractivity contribution is 5.97. The zero-order valence-corrected chi connectivity index (χ0v) is 13.2. The number of rotatable bonds is 5. The largest absolute Gasteiger partial charge is 0.360 e. The standard InChI is InChI=1S/C18H18N4O2/c1-19-17(23)16(11-12-5-3-2-4-6-12)22-18(24)15-8-7-13-14(21-15)9-10-20-13/h2-10,16,20H,11H2,1H3,(H,19,23)(H,22,24). The molecular formula is C18H18N4O2. The van der Waals surface area contributed by atoms with Crippen LogP contribution < -0.4 is 10.6 Å². The van der Waals surface area contributed by atoms with Crippen molar-refractivity contribution >= 4 is 22.8 Å². The highest BCUT2D eigenvalue weighted by Crippen LogP contribution is 2.10. The lowest BCUT2D eigenvalue weighted by Gasteiger charge is -2.17. The Morgan fingerprint density at radius 2 is 1.92 bits per heavy atom. The fourth-order valence-corrected chi connectivity index (χ4v) is 2.53. The number of carbonyl (C=O) groups is 2. The first-order chi connectivity index (χ1) is 11.7. The van der Waals surface area contributed by atoms with Gasteiger partial charge < -0.3 is 15.6 Å². The highest BCUT2D eigenvalue weighted by atomic mass is 16.2. The summed E-state index contributed by atoms with van der Waals surface area (Å²) < 4.78 is 0. The summed E-state index contributed by atoms with van der Waals surface area (Å²) >= 11 is 0. The Kier molecular flexibility index (Phi) is 4.56. The Morgan fingerprint density at radius 3 is 2.67 bits per heavy atom. The van der Waals surface area contributed by atoms with Gasteiger partial charge in [0.15, 0.2) is 0 Å². The van der Waals surface area contributed by atoms with Crippen LogP contribution in [0.3, 0.4) is 0 Å². The smallest absolute Gasteiger partial charge is 0.270 e. The van der Waals surface area contributed by atoms with Gasteiger partial charge in [-0.05, 0) is 23.8 Å².